The number of unbranched alkanes of at least 4 members (excludes halogenated alkanes) is 1. The molecule has 0 rings (SSSR count). The van der Waals surface area contributed by atoms with E-state index < -0.39 is 22.7 Å². The molecule has 6 nitrogen and oxygen atoms in total. The fourth-order valence-electron chi connectivity index (χ4n) is 2.47. The van der Waals surface area contributed by atoms with Crippen LogP contribution < -0.4 is 0 Å². The topological polar surface area (TPSA) is 112 Å². The summed E-state index contributed by atoms with van der Waals surface area (Å²) in [5.41, 5.74) is 3.83. The first-order valence-corrected chi connectivity index (χ1v) is 12.0. The fraction of sp³-hybridized carbons (Fsp3) is 0.667. The van der Waals surface area contributed by atoms with Crippen LogP contribution in [0.3, 0.4) is 0 Å². The Morgan fingerprint density at radius 3 is 1.81 bits per heavy atom. The van der Waals surface area contributed by atoms with Crippen molar-refractivity contribution in [1.29, 1.82) is 0 Å². The molecule has 152 valence electrons. The van der Waals surface area contributed by atoms with Crippen molar-refractivity contribution in [2.45, 2.75) is 77.6 Å². The van der Waals surface area contributed by atoms with E-state index >= 15 is 0 Å². The van der Waals surface area contributed by atoms with E-state index in [1.165, 1.54) is 11.1 Å². The van der Waals surface area contributed by atoms with Gasteiger partial charge in [-0.25, -0.2) is 0 Å². The lowest BCUT2D eigenvalue weighted by Gasteiger charge is -2.14. The number of allylic oxidation sites excluding steroid dienone is 6. The lowest BCUT2D eigenvalue weighted by Crippen LogP contribution is -2.20. The predicted molar refractivity (Wildman–Crippen MR) is 107 cm³/mol. The number of rotatable bonds is 12. The normalized spacial score (nSPS) is 15.0. The molecule has 0 unspecified atom stereocenters. The number of hydrogen-bond donors (Lipinski definition) is 3. The van der Waals surface area contributed by atoms with Gasteiger partial charge in [-0.15, -0.1) is 0 Å². The Balaban J connectivity index is 4.30. The maximum Gasteiger partial charge on any atom is 0.346 e. The maximum absolute atomic E-state index is 11.2. The Morgan fingerprint density at radius 1 is 0.923 bits per heavy atom. The first-order chi connectivity index (χ1) is 11.8. The standard InChI is InChI=1S/C18H33O6PS/c1-15(2)9-7-11-17(4)13-8-12-16(3)10-5-6-14-18(25(19,20)21)26(22,23)24/h9-10,13,18H,5-8,11-12,14H2,1-4H3,(H2,19,20,21)(H,22,23,24)/t18-/m1/s1. The van der Waals surface area contributed by atoms with Gasteiger partial charge in [-0.3, -0.25) is 9.12 Å². The van der Waals surface area contributed by atoms with E-state index in [0.29, 0.717) is 6.42 Å². The van der Waals surface area contributed by atoms with Crippen molar-refractivity contribution in [1.82, 2.24) is 0 Å². The molecule has 0 fully saturated rings. The molecule has 0 aliphatic rings. The molecule has 0 aromatic rings. The van der Waals surface area contributed by atoms with Gasteiger partial charge in [-0.05, 0) is 72.6 Å². The van der Waals surface area contributed by atoms with Gasteiger partial charge in [-0.1, -0.05) is 34.9 Å². The zero-order valence-electron chi connectivity index (χ0n) is 16.2. The zero-order valence-corrected chi connectivity index (χ0v) is 17.9. The second-order valence-corrected chi connectivity index (χ2v) is 10.7. The second kappa shape index (κ2) is 11.9. The van der Waals surface area contributed by atoms with Gasteiger partial charge in [0.25, 0.3) is 10.1 Å². The monoisotopic (exact) mass is 408 g/mol. The van der Waals surface area contributed by atoms with Crippen LogP contribution in [0.5, 0.6) is 0 Å². The van der Waals surface area contributed by atoms with Crippen LogP contribution in [0.15, 0.2) is 34.9 Å². The van der Waals surface area contributed by atoms with Crippen LogP contribution in [-0.2, 0) is 14.7 Å². The summed E-state index contributed by atoms with van der Waals surface area (Å²) in [5.74, 6) is 0. The third-order valence-corrected chi connectivity index (χ3v) is 7.54. The zero-order chi connectivity index (χ0) is 20.4. The summed E-state index contributed by atoms with van der Waals surface area (Å²) in [6.07, 6.45) is 10.8. The summed E-state index contributed by atoms with van der Waals surface area (Å²) < 4.78 is 42.2. The first-order valence-electron chi connectivity index (χ1n) is 8.80. The van der Waals surface area contributed by atoms with Gasteiger partial charge in [0.05, 0.1) is 0 Å². The Morgan fingerprint density at radius 2 is 1.38 bits per heavy atom. The average Bonchev–Trinajstić information content (AvgIpc) is 2.43. The third-order valence-electron chi connectivity index (χ3n) is 3.99. The van der Waals surface area contributed by atoms with Crippen molar-refractivity contribution in [3.8, 4) is 0 Å². The molecule has 0 bridgehead atoms. The minimum atomic E-state index is -4.88. The molecule has 0 amide bonds. The molecule has 0 heterocycles. The van der Waals surface area contributed by atoms with E-state index in [2.05, 4.69) is 32.9 Å². The predicted octanol–water partition coefficient (Wildman–Crippen LogP) is 4.97. The van der Waals surface area contributed by atoms with Crippen LogP contribution >= 0.6 is 7.60 Å². The fourth-order valence-corrected chi connectivity index (χ4v) is 4.84. The smallest absolute Gasteiger partial charge is 0.323 e. The summed E-state index contributed by atoms with van der Waals surface area (Å²) in [4.78, 5) is 16.0. The Bertz CT molecular complexity index is 666. The Labute approximate surface area is 158 Å². The molecule has 0 aromatic carbocycles. The molecule has 0 saturated heterocycles. The quantitative estimate of drug-likeness (QED) is 0.182. The first kappa shape index (κ1) is 25.3. The highest BCUT2D eigenvalue weighted by atomic mass is 32.2. The lowest BCUT2D eigenvalue weighted by molar-refractivity contribution is 0.360. The second-order valence-electron chi connectivity index (χ2n) is 6.95. The molecule has 0 saturated carbocycles. The van der Waals surface area contributed by atoms with Gasteiger partial charge in [0.15, 0.2) is 4.99 Å². The molecule has 3 N–H and O–H groups in total. The highest BCUT2D eigenvalue weighted by Crippen LogP contribution is 2.46. The van der Waals surface area contributed by atoms with E-state index in [-0.39, 0.29) is 12.8 Å². The third kappa shape index (κ3) is 12.6. The summed E-state index contributed by atoms with van der Waals surface area (Å²) in [7, 11) is -9.63. The molecule has 0 radical (unpaired) electrons. The molecule has 8 heteroatoms. The van der Waals surface area contributed by atoms with Crippen molar-refractivity contribution in [3.05, 3.63) is 34.9 Å². The molecule has 0 aromatic heterocycles. The van der Waals surface area contributed by atoms with Gasteiger partial charge in [0, 0.05) is 0 Å². The van der Waals surface area contributed by atoms with Crippen LogP contribution in [0.4, 0.5) is 0 Å². The van der Waals surface area contributed by atoms with Crippen LogP contribution in [0.2, 0.25) is 0 Å². The van der Waals surface area contributed by atoms with Gasteiger partial charge < -0.3 is 9.79 Å². The van der Waals surface area contributed by atoms with Crippen LogP contribution in [0, 0.1) is 0 Å². The van der Waals surface area contributed by atoms with E-state index in [1.807, 2.05) is 13.0 Å². The van der Waals surface area contributed by atoms with Crippen LogP contribution in [0.25, 0.3) is 0 Å². The maximum atomic E-state index is 11.2. The largest absolute Gasteiger partial charge is 0.346 e. The highest BCUT2D eigenvalue weighted by Gasteiger charge is 2.38. The van der Waals surface area contributed by atoms with Crippen LogP contribution in [0.1, 0.15) is 72.6 Å². The molecule has 0 aliphatic carbocycles. The summed E-state index contributed by atoms with van der Waals surface area (Å²) in [6, 6.07) is 0. The van der Waals surface area contributed by atoms with Crippen molar-refractivity contribution in [2.24, 2.45) is 0 Å². The van der Waals surface area contributed by atoms with Gasteiger partial charge >= 0.3 is 7.60 Å². The van der Waals surface area contributed by atoms with E-state index in [9.17, 15) is 13.0 Å². The highest BCUT2D eigenvalue weighted by molar-refractivity contribution is 7.93. The van der Waals surface area contributed by atoms with Crippen molar-refractivity contribution >= 4 is 17.7 Å². The van der Waals surface area contributed by atoms with Crippen LogP contribution in [-0.4, -0.2) is 27.7 Å². The minimum absolute atomic E-state index is 0.268. The summed E-state index contributed by atoms with van der Waals surface area (Å²) in [5, 5.41) is 0. The SMILES string of the molecule is CC(C)=CCCC(C)=CCCC(C)=CCCC[C@H](P(=O)(O)O)S(=O)(=O)O. The van der Waals surface area contributed by atoms with Crippen molar-refractivity contribution in [3.63, 3.8) is 0 Å². The summed E-state index contributed by atoms with van der Waals surface area (Å²) in [6.45, 7) is 8.28. The molecule has 26 heavy (non-hydrogen) atoms. The molecular weight excluding hydrogens is 375 g/mol. The van der Waals surface area contributed by atoms with Crippen molar-refractivity contribution < 1.29 is 27.3 Å². The lowest BCUT2D eigenvalue weighted by atomic mass is 10.1. The molecule has 1 atom stereocenters. The average molecular weight is 408 g/mol. The summed E-state index contributed by atoms with van der Waals surface area (Å²) >= 11 is 0. The molecule has 0 spiro atoms. The van der Waals surface area contributed by atoms with Crippen molar-refractivity contribution in [2.75, 3.05) is 0 Å². The Kier molecular flexibility index (Phi) is 11.6. The molecule has 0 aliphatic heterocycles. The van der Waals surface area contributed by atoms with Gasteiger partial charge in [0.2, 0.25) is 0 Å². The Hall–Kier alpha value is -0.720. The van der Waals surface area contributed by atoms with E-state index in [1.54, 1.807) is 0 Å². The van der Waals surface area contributed by atoms with Gasteiger partial charge in [0.1, 0.15) is 0 Å². The van der Waals surface area contributed by atoms with E-state index in [0.717, 1.165) is 31.3 Å². The number of hydrogen-bond acceptors (Lipinski definition) is 3. The van der Waals surface area contributed by atoms with E-state index in [4.69, 9.17) is 14.3 Å². The van der Waals surface area contributed by atoms with Gasteiger partial charge in [-0.2, -0.15) is 8.42 Å². The minimum Gasteiger partial charge on any atom is -0.323 e. The molecular formula is C18H33O6PS.